The highest BCUT2D eigenvalue weighted by Crippen LogP contribution is 2.33. The molecule has 0 saturated carbocycles. The fourth-order valence-corrected chi connectivity index (χ4v) is 3.87. The van der Waals surface area contributed by atoms with Gasteiger partial charge in [-0.2, -0.15) is 0 Å². The average molecular weight is 459 g/mol. The topological polar surface area (TPSA) is 67.9 Å². The molecule has 0 bridgehead atoms. The van der Waals surface area contributed by atoms with Gasteiger partial charge in [0.15, 0.2) is 11.5 Å². The lowest BCUT2D eigenvalue weighted by Gasteiger charge is -2.33. The van der Waals surface area contributed by atoms with Gasteiger partial charge in [-0.25, -0.2) is 0 Å². The Morgan fingerprint density at radius 3 is 2.53 bits per heavy atom. The molecule has 1 atom stereocenters. The lowest BCUT2D eigenvalue weighted by molar-refractivity contribution is -0.142. The van der Waals surface area contributed by atoms with Gasteiger partial charge in [-0.05, 0) is 62.9 Å². The van der Waals surface area contributed by atoms with Crippen LogP contribution in [0.25, 0.3) is 0 Å². The summed E-state index contributed by atoms with van der Waals surface area (Å²) in [4.78, 5) is 28.1. The summed E-state index contributed by atoms with van der Waals surface area (Å²) < 4.78 is 10.8. The van der Waals surface area contributed by atoms with Crippen molar-refractivity contribution in [1.82, 2.24) is 10.2 Å². The summed E-state index contributed by atoms with van der Waals surface area (Å²) in [6.07, 6.45) is 1.30. The van der Waals surface area contributed by atoms with Crippen LogP contribution in [0.15, 0.2) is 42.5 Å². The molecule has 1 heterocycles. The fraction of sp³-hybridized carbons (Fsp3) is 0.440. The van der Waals surface area contributed by atoms with Crippen LogP contribution >= 0.6 is 11.6 Å². The number of ether oxygens (including phenoxy) is 2. The van der Waals surface area contributed by atoms with Gasteiger partial charge in [-0.3, -0.25) is 9.59 Å². The largest absolute Gasteiger partial charge is 0.454 e. The van der Waals surface area contributed by atoms with E-state index in [0.717, 1.165) is 11.1 Å². The highest BCUT2D eigenvalue weighted by molar-refractivity contribution is 6.31. The molecule has 2 aromatic rings. The summed E-state index contributed by atoms with van der Waals surface area (Å²) in [7, 11) is 0. The first-order valence-electron chi connectivity index (χ1n) is 10.9. The maximum atomic E-state index is 13.4. The predicted molar refractivity (Wildman–Crippen MR) is 125 cm³/mol. The second-order valence-electron chi connectivity index (χ2n) is 8.96. The molecule has 0 fully saturated rings. The van der Waals surface area contributed by atoms with E-state index in [-0.39, 0.29) is 31.6 Å². The number of nitrogens with zero attached hydrogens (tertiary/aromatic N) is 1. The first-order valence-corrected chi connectivity index (χ1v) is 11.3. The Kier molecular flexibility index (Phi) is 7.67. The molecule has 0 aromatic heterocycles. The van der Waals surface area contributed by atoms with Crippen molar-refractivity contribution in [3.63, 3.8) is 0 Å². The quantitative estimate of drug-likeness (QED) is 0.621. The summed E-state index contributed by atoms with van der Waals surface area (Å²) in [5.74, 6) is 1.14. The predicted octanol–water partition coefficient (Wildman–Crippen LogP) is 4.72. The van der Waals surface area contributed by atoms with Crippen LogP contribution in [-0.4, -0.2) is 35.1 Å². The minimum Gasteiger partial charge on any atom is -0.454 e. The van der Waals surface area contributed by atoms with E-state index in [2.05, 4.69) is 5.32 Å². The van der Waals surface area contributed by atoms with Crippen LogP contribution in [0.2, 0.25) is 5.02 Å². The van der Waals surface area contributed by atoms with Crippen LogP contribution in [0.3, 0.4) is 0 Å². The van der Waals surface area contributed by atoms with E-state index in [1.54, 1.807) is 11.0 Å². The third-order valence-corrected chi connectivity index (χ3v) is 5.62. The van der Waals surface area contributed by atoms with Crippen molar-refractivity contribution in [3.05, 3.63) is 58.6 Å². The zero-order valence-corrected chi connectivity index (χ0v) is 19.9. The number of benzene rings is 2. The number of hydrogen-bond donors (Lipinski definition) is 1. The van der Waals surface area contributed by atoms with Crippen molar-refractivity contribution < 1.29 is 19.1 Å². The average Bonchev–Trinajstić information content (AvgIpc) is 3.20. The maximum absolute atomic E-state index is 13.4. The SMILES string of the molecule is CCC(C(=O)NC(C)(C)C)N(Cc1ccccc1Cl)C(=O)CCc1ccc2c(c1)OCO2. The molecule has 2 amide bonds. The molecular weight excluding hydrogens is 428 g/mol. The molecule has 6 nitrogen and oxygen atoms in total. The van der Waals surface area contributed by atoms with Gasteiger partial charge >= 0.3 is 0 Å². The molecule has 1 aliphatic rings. The Hall–Kier alpha value is -2.73. The molecule has 0 aliphatic carbocycles. The Morgan fingerprint density at radius 2 is 1.84 bits per heavy atom. The molecule has 1 unspecified atom stereocenters. The number of carbonyl (C=O) groups is 2. The van der Waals surface area contributed by atoms with Crippen LogP contribution in [0.1, 0.15) is 51.7 Å². The number of nitrogens with one attached hydrogen (secondary N) is 1. The molecule has 0 radical (unpaired) electrons. The van der Waals surface area contributed by atoms with Gasteiger partial charge in [0.25, 0.3) is 0 Å². The number of rotatable bonds is 8. The van der Waals surface area contributed by atoms with Crippen LogP contribution in [0.4, 0.5) is 0 Å². The molecule has 32 heavy (non-hydrogen) atoms. The Morgan fingerprint density at radius 1 is 1.12 bits per heavy atom. The molecule has 0 spiro atoms. The molecule has 2 aromatic carbocycles. The van der Waals surface area contributed by atoms with E-state index >= 15 is 0 Å². The zero-order chi connectivity index (χ0) is 23.3. The van der Waals surface area contributed by atoms with Gasteiger partial charge in [0.05, 0.1) is 0 Å². The van der Waals surface area contributed by atoms with Crippen molar-refractivity contribution >= 4 is 23.4 Å². The lowest BCUT2D eigenvalue weighted by Crippen LogP contribution is -2.53. The number of hydrogen-bond acceptors (Lipinski definition) is 4. The summed E-state index contributed by atoms with van der Waals surface area (Å²) in [6, 6.07) is 12.5. The van der Waals surface area contributed by atoms with E-state index < -0.39 is 11.6 Å². The number of amides is 2. The van der Waals surface area contributed by atoms with Gasteiger partial charge in [0.1, 0.15) is 6.04 Å². The van der Waals surface area contributed by atoms with Crippen LogP contribution in [-0.2, 0) is 22.6 Å². The Bertz CT molecular complexity index is 971. The summed E-state index contributed by atoms with van der Waals surface area (Å²) in [5, 5.41) is 3.59. The monoisotopic (exact) mass is 458 g/mol. The van der Waals surface area contributed by atoms with Crippen molar-refractivity contribution in [2.45, 2.75) is 65.1 Å². The van der Waals surface area contributed by atoms with Gasteiger partial charge in [0, 0.05) is 23.5 Å². The van der Waals surface area contributed by atoms with Crippen LogP contribution in [0, 0.1) is 0 Å². The normalized spacial score (nSPS) is 13.5. The number of aryl methyl sites for hydroxylation is 1. The van der Waals surface area contributed by atoms with Gasteiger partial charge < -0.3 is 19.7 Å². The van der Waals surface area contributed by atoms with Crippen molar-refractivity contribution in [1.29, 1.82) is 0 Å². The molecule has 3 rings (SSSR count). The third-order valence-electron chi connectivity index (χ3n) is 5.25. The van der Waals surface area contributed by atoms with Crippen LogP contribution in [0.5, 0.6) is 11.5 Å². The number of halogens is 1. The van der Waals surface area contributed by atoms with Crippen molar-refractivity contribution in [2.24, 2.45) is 0 Å². The van der Waals surface area contributed by atoms with Crippen LogP contribution < -0.4 is 14.8 Å². The molecule has 1 N–H and O–H groups in total. The highest BCUT2D eigenvalue weighted by Gasteiger charge is 2.30. The maximum Gasteiger partial charge on any atom is 0.243 e. The zero-order valence-electron chi connectivity index (χ0n) is 19.1. The van der Waals surface area contributed by atoms with E-state index in [9.17, 15) is 9.59 Å². The summed E-state index contributed by atoms with van der Waals surface area (Å²) in [6.45, 7) is 8.18. The second kappa shape index (κ2) is 10.3. The number of carbonyl (C=O) groups excluding carboxylic acids is 2. The molecular formula is C25H31ClN2O4. The fourth-order valence-electron chi connectivity index (χ4n) is 3.67. The molecule has 1 aliphatic heterocycles. The minimum atomic E-state index is -0.588. The van der Waals surface area contributed by atoms with E-state index in [0.29, 0.717) is 29.4 Å². The Labute approximate surface area is 194 Å². The highest BCUT2D eigenvalue weighted by atomic mass is 35.5. The van der Waals surface area contributed by atoms with Gasteiger partial charge in [0.2, 0.25) is 18.6 Å². The summed E-state index contributed by atoms with van der Waals surface area (Å²) >= 11 is 6.37. The van der Waals surface area contributed by atoms with Crippen molar-refractivity contribution in [2.75, 3.05) is 6.79 Å². The van der Waals surface area contributed by atoms with E-state index in [1.165, 1.54) is 0 Å². The Balaban J connectivity index is 1.79. The van der Waals surface area contributed by atoms with E-state index in [4.69, 9.17) is 21.1 Å². The lowest BCUT2D eigenvalue weighted by atomic mass is 10.0. The van der Waals surface area contributed by atoms with Crippen molar-refractivity contribution in [3.8, 4) is 11.5 Å². The van der Waals surface area contributed by atoms with E-state index in [1.807, 2.05) is 64.1 Å². The van der Waals surface area contributed by atoms with Gasteiger partial charge in [-0.15, -0.1) is 0 Å². The first kappa shape index (κ1) is 23.9. The smallest absolute Gasteiger partial charge is 0.243 e. The molecule has 7 heteroatoms. The standard InChI is InChI=1S/C25H31ClN2O4/c1-5-20(24(30)27-25(2,3)4)28(15-18-8-6-7-9-19(18)26)23(29)13-11-17-10-12-21-22(14-17)32-16-31-21/h6-10,12,14,20H,5,11,13,15-16H2,1-4H3,(H,27,30). The minimum absolute atomic E-state index is 0.0986. The molecule has 172 valence electrons. The summed E-state index contributed by atoms with van der Waals surface area (Å²) in [5.41, 5.74) is 1.40. The third kappa shape index (κ3) is 6.16. The second-order valence-corrected chi connectivity index (χ2v) is 9.37. The first-order chi connectivity index (χ1) is 15.2. The molecule has 0 saturated heterocycles. The van der Waals surface area contributed by atoms with Gasteiger partial charge in [-0.1, -0.05) is 42.8 Å². The number of fused-ring (bicyclic) bond motifs is 1.